The van der Waals surface area contributed by atoms with Crippen LogP contribution in [0, 0.1) is 23.2 Å². The van der Waals surface area contributed by atoms with Gasteiger partial charge in [0.25, 0.3) is 0 Å². The molecule has 4 atom stereocenters. The van der Waals surface area contributed by atoms with E-state index in [-0.39, 0.29) is 12.0 Å². The van der Waals surface area contributed by atoms with Crippen LogP contribution < -0.4 is 0 Å². The van der Waals surface area contributed by atoms with E-state index in [1.165, 1.54) is 6.26 Å². The van der Waals surface area contributed by atoms with Crippen molar-refractivity contribution in [3.05, 3.63) is 0 Å². The molecule has 6 heteroatoms. The van der Waals surface area contributed by atoms with E-state index in [1.807, 2.05) is 0 Å². The molecule has 108 valence electrons. The zero-order valence-corrected chi connectivity index (χ0v) is 13.2. The van der Waals surface area contributed by atoms with E-state index in [9.17, 15) is 13.7 Å². The van der Waals surface area contributed by atoms with Gasteiger partial charge in [0.1, 0.15) is 5.37 Å². The Hall–Kier alpha value is -0.250. The lowest BCUT2D eigenvalue weighted by atomic mass is 9.79. The summed E-state index contributed by atoms with van der Waals surface area (Å²) >= 11 is 1.70. The molecule has 0 bridgehead atoms. The highest BCUT2D eigenvalue weighted by Crippen LogP contribution is 2.35. The Balaban J connectivity index is 2.23. The van der Waals surface area contributed by atoms with Gasteiger partial charge in [-0.15, -0.1) is 0 Å². The maximum absolute atomic E-state index is 12.0. The minimum absolute atomic E-state index is 0.0106. The second kappa shape index (κ2) is 6.02. The Bertz CT molecular complexity index is 458. The summed E-state index contributed by atoms with van der Waals surface area (Å²) in [5, 5.41) is 8.93. The first-order chi connectivity index (χ1) is 8.93. The van der Waals surface area contributed by atoms with Crippen molar-refractivity contribution in [2.24, 2.45) is 11.8 Å². The molecule has 4 nitrogen and oxygen atoms in total. The predicted molar refractivity (Wildman–Crippen MR) is 78.6 cm³/mol. The molecule has 1 heterocycles. The molecule has 4 unspecified atom stereocenters. The van der Waals surface area contributed by atoms with Crippen molar-refractivity contribution in [1.82, 2.24) is 4.90 Å². The van der Waals surface area contributed by atoms with Gasteiger partial charge in [0, 0.05) is 30.3 Å². The van der Waals surface area contributed by atoms with E-state index in [0.717, 1.165) is 31.6 Å². The van der Waals surface area contributed by atoms with Gasteiger partial charge in [-0.2, -0.15) is 17.0 Å². The quantitative estimate of drug-likeness (QED) is 0.777. The van der Waals surface area contributed by atoms with Gasteiger partial charge in [0.05, 0.1) is 12.0 Å². The van der Waals surface area contributed by atoms with Crippen LogP contribution >= 0.6 is 11.8 Å². The van der Waals surface area contributed by atoms with E-state index in [2.05, 4.69) is 17.9 Å². The molecule has 0 aromatic heterocycles. The van der Waals surface area contributed by atoms with Crippen LogP contribution in [-0.4, -0.2) is 49.0 Å². The SMILES string of the molecule is CC1CCC(C#N)C(N2CCSCC2S(C)(=O)=O)C1. The van der Waals surface area contributed by atoms with Crippen molar-refractivity contribution in [3.8, 4) is 6.07 Å². The molecule has 0 spiro atoms. The molecule has 0 N–H and O–H groups in total. The number of hydrogen-bond donors (Lipinski definition) is 0. The molecule has 19 heavy (non-hydrogen) atoms. The Labute approximate surface area is 120 Å². The molecule has 1 aliphatic heterocycles. The summed E-state index contributed by atoms with van der Waals surface area (Å²) in [6.45, 7) is 2.99. The van der Waals surface area contributed by atoms with Crippen LogP contribution in [0.5, 0.6) is 0 Å². The highest BCUT2D eigenvalue weighted by atomic mass is 32.2. The predicted octanol–water partition coefficient (Wildman–Crippen LogP) is 1.73. The van der Waals surface area contributed by atoms with Crippen molar-refractivity contribution in [2.75, 3.05) is 24.3 Å². The molecule has 0 radical (unpaired) electrons. The van der Waals surface area contributed by atoms with Crippen LogP contribution in [0.15, 0.2) is 0 Å². The van der Waals surface area contributed by atoms with E-state index in [1.54, 1.807) is 11.8 Å². The summed E-state index contributed by atoms with van der Waals surface area (Å²) in [4.78, 5) is 2.11. The molecule has 1 saturated carbocycles. The van der Waals surface area contributed by atoms with Gasteiger partial charge in [-0.1, -0.05) is 6.92 Å². The first-order valence-electron chi connectivity index (χ1n) is 6.85. The molecular weight excluding hydrogens is 280 g/mol. The molecule has 2 rings (SSSR count). The summed E-state index contributed by atoms with van der Waals surface area (Å²) in [6.07, 6.45) is 4.27. The summed E-state index contributed by atoms with van der Waals surface area (Å²) in [5.41, 5.74) is 0. The average Bonchev–Trinajstić information content (AvgIpc) is 2.37. The van der Waals surface area contributed by atoms with Crippen molar-refractivity contribution >= 4 is 21.6 Å². The summed E-state index contributed by atoms with van der Waals surface area (Å²) in [7, 11) is -3.08. The normalized spacial score (nSPS) is 37.7. The summed E-state index contributed by atoms with van der Waals surface area (Å²) in [5.74, 6) is 2.18. The van der Waals surface area contributed by atoms with Crippen LogP contribution in [0.2, 0.25) is 0 Å². The summed E-state index contributed by atoms with van der Waals surface area (Å²) in [6, 6.07) is 2.52. The summed E-state index contributed by atoms with van der Waals surface area (Å²) < 4.78 is 24.0. The third-order valence-electron chi connectivity index (χ3n) is 4.29. The van der Waals surface area contributed by atoms with Gasteiger partial charge in [-0.05, 0) is 25.2 Å². The standard InChI is InChI=1S/C13H22N2O2S2/c1-10-3-4-11(8-14)12(7-10)15-5-6-18-9-13(15)19(2,16)17/h10-13H,3-7,9H2,1-2H3. The molecule has 2 aliphatic rings. The van der Waals surface area contributed by atoms with Crippen LogP contribution in [0.3, 0.4) is 0 Å². The van der Waals surface area contributed by atoms with E-state index >= 15 is 0 Å². The molecule has 2 fully saturated rings. The number of hydrogen-bond acceptors (Lipinski definition) is 5. The molecule has 1 aliphatic carbocycles. The fourth-order valence-electron chi connectivity index (χ4n) is 3.21. The minimum Gasteiger partial charge on any atom is -0.281 e. The van der Waals surface area contributed by atoms with Gasteiger partial charge in [-0.3, -0.25) is 4.90 Å². The Morgan fingerprint density at radius 1 is 1.37 bits per heavy atom. The molecule has 0 aromatic rings. The van der Waals surface area contributed by atoms with Gasteiger partial charge in [0.15, 0.2) is 9.84 Å². The van der Waals surface area contributed by atoms with Crippen molar-refractivity contribution in [1.29, 1.82) is 5.26 Å². The van der Waals surface area contributed by atoms with Crippen LogP contribution in [-0.2, 0) is 9.84 Å². The molecule has 0 amide bonds. The third kappa shape index (κ3) is 3.45. The zero-order chi connectivity index (χ0) is 14.0. The molecule has 0 aromatic carbocycles. The highest BCUT2D eigenvalue weighted by molar-refractivity contribution is 8.00. The van der Waals surface area contributed by atoms with Gasteiger partial charge in [-0.25, -0.2) is 8.42 Å². The van der Waals surface area contributed by atoms with Crippen LogP contribution in [0.25, 0.3) is 0 Å². The van der Waals surface area contributed by atoms with Crippen LogP contribution in [0.4, 0.5) is 0 Å². The molecule has 1 saturated heterocycles. The van der Waals surface area contributed by atoms with Crippen molar-refractivity contribution in [3.63, 3.8) is 0 Å². The Morgan fingerprint density at radius 3 is 2.74 bits per heavy atom. The lowest BCUT2D eigenvalue weighted by Crippen LogP contribution is -2.55. The van der Waals surface area contributed by atoms with Crippen molar-refractivity contribution in [2.45, 2.75) is 37.6 Å². The zero-order valence-electron chi connectivity index (χ0n) is 11.6. The highest BCUT2D eigenvalue weighted by Gasteiger charge is 2.40. The number of nitrogens with zero attached hydrogens (tertiary/aromatic N) is 2. The van der Waals surface area contributed by atoms with Gasteiger partial charge < -0.3 is 0 Å². The second-order valence-corrected chi connectivity index (χ2v) is 9.17. The van der Waals surface area contributed by atoms with E-state index in [0.29, 0.717) is 11.7 Å². The fourth-order valence-corrected chi connectivity index (χ4v) is 6.14. The Morgan fingerprint density at radius 2 is 2.11 bits per heavy atom. The molecular formula is C13H22N2O2S2. The van der Waals surface area contributed by atoms with Gasteiger partial charge >= 0.3 is 0 Å². The smallest absolute Gasteiger partial charge is 0.164 e. The van der Waals surface area contributed by atoms with E-state index in [4.69, 9.17) is 0 Å². The Kier molecular flexibility index (Phi) is 4.80. The third-order valence-corrected chi connectivity index (χ3v) is 6.95. The lowest BCUT2D eigenvalue weighted by molar-refractivity contribution is 0.102. The number of thioether (sulfide) groups is 1. The average molecular weight is 302 g/mol. The second-order valence-electron chi connectivity index (χ2n) is 5.82. The van der Waals surface area contributed by atoms with Crippen molar-refractivity contribution < 1.29 is 8.42 Å². The first kappa shape index (κ1) is 15.1. The fraction of sp³-hybridized carbons (Fsp3) is 0.923. The minimum atomic E-state index is -3.08. The lowest BCUT2D eigenvalue weighted by Gasteiger charge is -2.44. The maximum Gasteiger partial charge on any atom is 0.164 e. The van der Waals surface area contributed by atoms with Crippen LogP contribution in [0.1, 0.15) is 26.2 Å². The van der Waals surface area contributed by atoms with E-state index < -0.39 is 15.2 Å². The first-order valence-corrected chi connectivity index (χ1v) is 9.96. The number of rotatable bonds is 2. The maximum atomic E-state index is 12.0. The largest absolute Gasteiger partial charge is 0.281 e. The van der Waals surface area contributed by atoms with Gasteiger partial charge in [0.2, 0.25) is 0 Å². The number of nitriles is 1. The monoisotopic (exact) mass is 302 g/mol. The topological polar surface area (TPSA) is 61.2 Å². The number of sulfone groups is 1.